The van der Waals surface area contributed by atoms with Gasteiger partial charge in [0.05, 0.1) is 0 Å². The van der Waals surface area contributed by atoms with E-state index >= 15 is 0 Å². The summed E-state index contributed by atoms with van der Waals surface area (Å²) in [6.07, 6.45) is 1.99. The summed E-state index contributed by atoms with van der Waals surface area (Å²) < 4.78 is 0. The standard InChI is InChI=1S/C16H19N/c1-2-13-8-10-14(11-9-13)12-16(17)15-6-4-3-5-7-15/h3-11,16H,2,12,17H2,1H3. The van der Waals surface area contributed by atoms with E-state index in [1.807, 2.05) is 18.2 Å². The summed E-state index contributed by atoms with van der Waals surface area (Å²) in [6.45, 7) is 2.17. The minimum Gasteiger partial charge on any atom is -0.324 e. The SMILES string of the molecule is CCc1ccc(CC(N)c2ccccc2)cc1. The van der Waals surface area contributed by atoms with Gasteiger partial charge in [0.2, 0.25) is 0 Å². The van der Waals surface area contributed by atoms with E-state index in [2.05, 4.69) is 43.3 Å². The van der Waals surface area contributed by atoms with Crippen molar-refractivity contribution in [2.75, 3.05) is 0 Å². The number of hydrogen-bond acceptors (Lipinski definition) is 1. The van der Waals surface area contributed by atoms with E-state index in [0.29, 0.717) is 0 Å². The van der Waals surface area contributed by atoms with Gasteiger partial charge < -0.3 is 5.73 Å². The highest BCUT2D eigenvalue weighted by molar-refractivity contribution is 5.26. The highest BCUT2D eigenvalue weighted by Gasteiger charge is 2.06. The van der Waals surface area contributed by atoms with Crippen molar-refractivity contribution in [2.24, 2.45) is 5.73 Å². The van der Waals surface area contributed by atoms with Crippen LogP contribution in [0.4, 0.5) is 0 Å². The predicted molar refractivity (Wildman–Crippen MR) is 72.9 cm³/mol. The summed E-state index contributed by atoms with van der Waals surface area (Å²) in [6, 6.07) is 19.1. The Balaban J connectivity index is 2.05. The van der Waals surface area contributed by atoms with Gasteiger partial charge in [-0.1, -0.05) is 61.5 Å². The number of hydrogen-bond donors (Lipinski definition) is 1. The molecule has 0 aliphatic rings. The van der Waals surface area contributed by atoms with Gasteiger partial charge in [0, 0.05) is 6.04 Å². The summed E-state index contributed by atoms with van der Waals surface area (Å²) in [5, 5.41) is 0. The van der Waals surface area contributed by atoms with Crippen LogP contribution in [0.25, 0.3) is 0 Å². The summed E-state index contributed by atoms with van der Waals surface area (Å²) in [4.78, 5) is 0. The van der Waals surface area contributed by atoms with Crippen molar-refractivity contribution in [3.63, 3.8) is 0 Å². The minimum absolute atomic E-state index is 0.0867. The third-order valence-electron chi connectivity index (χ3n) is 3.11. The fourth-order valence-corrected chi connectivity index (χ4v) is 1.98. The van der Waals surface area contributed by atoms with Crippen molar-refractivity contribution in [3.8, 4) is 0 Å². The molecule has 1 unspecified atom stereocenters. The smallest absolute Gasteiger partial charge is 0.0335 e. The van der Waals surface area contributed by atoms with Crippen molar-refractivity contribution < 1.29 is 0 Å². The van der Waals surface area contributed by atoms with Crippen LogP contribution in [0.3, 0.4) is 0 Å². The zero-order valence-electron chi connectivity index (χ0n) is 10.3. The van der Waals surface area contributed by atoms with Gasteiger partial charge >= 0.3 is 0 Å². The number of nitrogens with two attached hydrogens (primary N) is 1. The lowest BCUT2D eigenvalue weighted by atomic mass is 9.99. The Morgan fingerprint density at radius 2 is 1.47 bits per heavy atom. The second kappa shape index (κ2) is 5.65. The third-order valence-corrected chi connectivity index (χ3v) is 3.11. The van der Waals surface area contributed by atoms with Crippen LogP contribution in [-0.4, -0.2) is 0 Å². The van der Waals surface area contributed by atoms with Gasteiger partial charge in [0.25, 0.3) is 0 Å². The highest BCUT2D eigenvalue weighted by atomic mass is 14.6. The Bertz CT molecular complexity index is 445. The molecule has 0 fully saturated rings. The molecule has 0 aliphatic carbocycles. The van der Waals surface area contributed by atoms with E-state index in [1.54, 1.807) is 0 Å². The fraction of sp³-hybridized carbons (Fsp3) is 0.250. The van der Waals surface area contributed by atoms with Crippen LogP contribution in [0.5, 0.6) is 0 Å². The molecule has 0 saturated heterocycles. The zero-order chi connectivity index (χ0) is 12.1. The molecular weight excluding hydrogens is 206 g/mol. The van der Waals surface area contributed by atoms with E-state index in [0.717, 1.165) is 12.8 Å². The molecule has 0 aromatic heterocycles. The summed E-state index contributed by atoms with van der Waals surface area (Å²) >= 11 is 0. The number of benzene rings is 2. The van der Waals surface area contributed by atoms with Gasteiger partial charge in [-0.15, -0.1) is 0 Å². The number of aryl methyl sites for hydroxylation is 1. The van der Waals surface area contributed by atoms with E-state index < -0.39 is 0 Å². The van der Waals surface area contributed by atoms with Crippen LogP contribution < -0.4 is 5.73 Å². The van der Waals surface area contributed by atoms with Gasteiger partial charge in [-0.25, -0.2) is 0 Å². The zero-order valence-corrected chi connectivity index (χ0v) is 10.3. The van der Waals surface area contributed by atoms with Crippen molar-refractivity contribution in [3.05, 3.63) is 71.3 Å². The van der Waals surface area contributed by atoms with E-state index in [9.17, 15) is 0 Å². The van der Waals surface area contributed by atoms with Crippen molar-refractivity contribution in [2.45, 2.75) is 25.8 Å². The molecule has 1 heteroatoms. The lowest BCUT2D eigenvalue weighted by Gasteiger charge is -2.12. The number of rotatable bonds is 4. The van der Waals surface area contributed by atoms with Crippen LogP contribution in [0.1, 0.15) is 29.7 Å². The Labute approximate surface area is 103 Å². The maximum Gasteiger partial charge on any atom is 0.0335 e. The van der Waals surface area contributed by atoms with Gasteiger partial charge in [-0.2, -0.15) is 0 Å². The van der Waals surface area contributed by atoms with Crippen LogP contribution in [0.15, 0.2) is 54.6 Å². The lowest BCUT2D eigenvalue weighted by molar-refractivity contribution is 0.722. The molecule has 0 saturated carbocycles. The molecule has 88 valence electrons. The quantitative estimate of drug-likeness (QED) is 0.847. The first-order valence-corrected chi connectivity index (χ1v) is 6.18. The first kappa shape index (κ1) is 11.9. The maximum absolute atomic E-state index is 6.20. The van der Waals surface area contributed by atoms with Crippen LogP contribution in [-0.2, 0) is 12.8 Å². The van der Waals surface area contributed by atoms with Crippen LogP contribution in [0.2, 0.25) is 0 Å². The normalized spacial score (nSPS) is 12.4. The van der Waals surface area contributed by atoms with Gasteiger partial charge in [-0.3, -0.25) is 0 Å². The van der Waals surface area contributed by atoms with E-state index in [4.69, 9.17) is 5.73 Å². The maximum atomic E-state index is 6.20. The average molecular weight is 225 g/mol. The monoisotopic (exact) mass is 225 g/mol. The molecule has 0 spiro atoms. The molecular formula is C16H19N. The second-order valence-corrected chi connectivity index (χ2v) is 4.39. The molecule has 2 rings (SSSR count). The first-order chi connectivity index (χ1) is 8.29. The van der Waals surface area contributed by atoms with Gasteiger partial charge in [0.1, 0.15) is 0 Å². The molecule has 1 nitrogen and oxygen atoms in total. The van der Waals surface area contributed by atoms with Gasteiger partial charge in [0.15, 0.2) is 0 Å². The summed E-state index contributed by atoms with van der Waals surface area (Å²) in [5.74, 6) is 0. The largest absolute Gasteiger partial charge is 0.324 e. The van der Waals surface area contributed by atoms with Crippen molar-refractivity contribution in [1.29, 1.82) is 0 Å². The molecule has 1 atom stereocenters. The average Bonchev–Trinajstić information content (AvgIpc) is 2.40. The molecule has 0 bridgehead atoms. The molecule has 0 aliphatic heterocycles. The Kier molecular flexibility index (Phi) is 3.94. The predicted octanol–water partition coefficient (Wildman–Crippen LogP) is 3.49. The molecule has 0 radical (unpaired) electrons. The Hall–Kier alpha value is -1.60. The van der Waals surface area contributed by atoms with Crippen molar-refractivity contribution >= 4 is 0 Å². The summed E-state index contributed by atoms with van der Waals surface area (Å²) in [5.41, 5.74) is 10.1. The first-order valence-electron chi connectivity index (χ1n) is 6.18. The Morgan fingerprint density at radius 1 is 0.882 bits per heavy atom. The van der Waals surface area contributed by atoms with Crippen LogP contribution in [0, 0.1) is 0 Å². The third kappa shape index (κ3) is 3.18. The van der Waals surface area contributed by atoms with E-state index in [1.165, 1.54) is 16.7 Å². The molecule has 17 heavy (non-hydrogen) atoms. The van der Waals surface area contributed by atoms with Gasteiger partial charge in [-0.05, 0) is 29.5 Å². The lowest BCUT2D eigenvalue weighted by Crippen LogP contribution is -2.13. The molecule has 2 N–H and O–H groups in total. The van der Waals surface area contributed by atoms with Crippen molar-refractivity contribution in [1.82, 2.24) is 0 Å². The minimum atomic E-state index is 0.0867. The molecule has 0 amide bonds. The topological polar surface area (TPSA) is 26.0 Å². The van der Waals surface area contributed by atoms with E-state index in [-0.39, 0.29) is 6.04 Å². The molecule has 2 aromatic rings. The second-order valence-electron chi connectivity index (χ2n) is 4.39. The van der Waals surface area contributed by atoms with Crippen LogP contribution >= 0.6 is 0 Å². The molecule has 2 aromatic carbocycles. The summed E-state index contributed by atoms with van der Waals surface area (Å²) in [7, 11) is 0. The molecule has 0 heterocycles. The Morgan fingerprint density at radius 3 is 2.06 bits per heavy atom. The fourth-order valence-electron chi connectivity index (χ4n) is 1.98. The highest BCUT2D eigenvalue weighted by Crippen LogP contribution is 2.16.